The summed E-state index contributed by atoms with van der Waals surface area (Å²) in [5, 5.41) is 12.5. The van der Waals surface area contributed by atoms with Crippen molar-refractivity contribution in [1.29, 1.82) is 0 Å². The van der Waals surface area contributed by atoms with Gasteiger partial charge in [0, 0.05) is 13.2 Å². The lowest BCUT2D eigenvalue weighted by molar-refractivity contribution is 0.286. The minimum Gasteiger partial charge on any atom is -0.488 e. The highest BCUT2D eigenvalue weighted by Gasteiger charge is 2.02. The number of ether oxygens (including phenoxy) is 1. The zero-order valence-electron chi connectivity index (χ0n) is 9.79. The summed E-state index contributed by atoms with van der Waals surface area (Å²) in [6, 6.07) is 5.71. The number of hydrogen-bond donors (Lipinski definition) is 2. The van der Waals surface area contributed by atoms with E-state index in [0.29, 0.717) is 17.4 Å². The van der Waals surface area contributed by atoms with E-state index in [1.807, 2.05) is 18.2 Å². The third kappa shape index (κ3) is 5.22. The van der Waals surface area contributed by atoms with Crippen molar-refractivity contribution in [3.05, 3.63) is 41.4 Å². The molecule has 0 saturated carbocycles. The Morgan fingerprint density at radius 1 is 1.47 bits per heavy atom. The Balaban J connectivity index is 2.47. The first-order chi connectivity index (χ1) is 8.27. The quantitative estimate of drug-likeness (QED) is 0.554. The van der Waals surface area contributed by atoms with E-state index in [1.54, 1.807) is 6.08 Å². The Labute approximate surface area is 107 Å². The average Bonchev–Trinajstić information content (AvgIpc) is 2.34. The van der Waals surface area contributed by atoms with Crippen LogP contribution in [0.15, 0.2) is 30.9 Å². The van der Waals surface area contributed by atoms with Gasteiger partial charge in [-0.05, 0) is 30.7 Å². The van der Waals surface area contributed by atoms with Crippen molar-refractivity contribution in [2.75, 3.05) is 19.8 Å². The van der Waals surface area contributed by atoms with Gasteiger partial charge < -0.3 is 15.2 Å². The zero-order chi connectivity index (χ0) is 12.5. The topological polar surface area (TPSA) is 41.5 Å². The van der Waals surface area contributed by atoms with Crippen LogP contribution >= 0.6 is 11.6 Å². The Morgan fingerprint density at radius 2 is 2.29 bits per heavy atom. The minimum absolute atomic E-state index is 0.210. The molecular weight excluding hydrogens is 238 g/mol. The summed E-state index contributed by atoms with van der Waals surface area (Å²) < 4.78 is 5.38. The molecule has 0 amide bonds. The summed E-state index contributed by atoms with van der Waals surface area (Å²) in [4.78, 5) is 0. The molecule has 0 fully saturated rings. The van der Waals surface area contributed by atoms with E-state index in [0.717, 1.165) is 25.1 Å². The number of aliphatic hydroxyl groups excluding tert-OH is 1. The van der Waals surface area contributed by atoms with E-state index < -0.39 is 0 Å². The van der Waals surface area contributed by atoms with E-state index >= 15 is 0 Å². The third-order valence-electron chi connectivity index (χ3n) is 2.19. The minimum atomic E-state index is 0.210. The molecule has 4 heteroatoms. The monoisotopic (exact) mass is 255 g/mol. The van der Waals surface area contributed by atoms with Crippen LogP contribution in [0.4, 0.5) is 0 Å². The highest BCUT2D eigenvalue weighted by Crippen LogP contribution is 2.25. The molecule has 0 spiro atoms. The smallest absolute Gasteiger partial charge is 0.138 e. The normalized spacial score (nSPS) is 10.2. The van der Waals surface area contributed by atoms with Gasteiger partial charge in [0.1, 0.15) is 12.4 Å². The molecule has 94 valence electrons. The van der Waals surface area contributed by atoms with Crippen molar-refractivity contribution >= 4 is 11.6 Å². The van der Waals surface area contributed by atoms with E-state index in [-0.39, 0.29) is 6.61 Å². The molecule has 3 nitrogen and oxygen atoms in total. The molecule has 0 bridgehead atoms. The van der Waals surface area contributed by atoms with Gasteiger partial charge in [0.2, 0.25) is 0 Å². The fourth-order valence-corrected chi connectivity index (χ4v) is 1.61. The van der Waals surface area contributed by atoms with Crippen LogP contribution in [-0.4, -0.2) is 24.9 Å². The van der Waals surface area contributed by atoms with Gasteiger partial charge >= 0.3 is 0 Å². The van der Waals surface area contributed by atoms with Gasteiger partial charge in [-0.25, -0.2) is 0 Å². The molecule has 0 unspecified atom stereocenters. The maximum Gasteiger partial charge on any atom is 0.138 e. The van der Waals surface area contributed by atoms with Crippen LogP contribution < -0.4 is 10.1 Å². The second kappa shape index (κ2) is 8.12. The standard InChI is InChI=1S/C13H18ClNO2/c1-2-8-17-13-5-4-11(9-12(13)14)10-15-6-3-7-16/h2,4-5,9,15-16H,1,3,6-8,10H2. The van der Waals surface area contributed by atoms with E-state index in [2.05, 4.69) is 11.9 Å². The molecule has 0 aromatic heterocycles. The largest absolute Gasteiger partial charge is 0.488 e. The lowest BCUT2D eigenvalue weighted by Crippen LogP contribution is -2.15. The molecule has 17 heavy (non-hydrogen) atoms. The van der Waals surface area contributed by atoms with Crippen molar-refractivity contribution in [3.8, 4) is 5.75 Å². The van der Waals surface area contributed by atoms with Crippen LogP contribution in [0.2, 0.25) is 5.02 Å². The Bertz CT molecular complexity index is 355. The lowest BCUT2D eigenvalue weighted by atomic mass is 10.2. The third-order valence-corrected chi connectivity index (χ3v) is 2.49. The second-order valence-electron chi connectivity index (χ2n) is 3.62. The molecule has 0 aliphatic rings. The second-order valence-corrected chi connectivity index (χ2v) is 4.03. The van der Waals surface area contributed by atoms with Gasteiger partial charge in [-0.3, -0.25) is 0 Å². The van der Waals surface area contributed by atoms with Crippen molar-refractivity contribution < 1.29 is 9.84 Å². The molecule has 2 N–H and O–H groups in total. The predicted octanol–water partition coefficient (Wildman–Crippen LogP) is 2.38. The van der Waals surface area contributed by atoms with E-state index in [1.165, 1.54) is 0 Å². The van der Waals surface area contributed by atoms with Crippen LogP contribution in [0.5, 0.6) is 5.75 Å². The first-order valence-corrected chi connectivity index (χ1v) is 5.99. The highest BCUT2D eigenvalue weighted by atomic mass is 35.5. The van der Waals surface area contributed by atoms with Crippen molar-refractivity contribution in [1.82, 2.24) is 5.32 Å². The summed E-state index contributed by atoms with van der Waals surface area (Å²) in [5.41, 5.74) is 1.10. The predicted molar refractivity (Wildman–Crippen MR) is 70.6 cm³/mol. The molecule has 1 aromatic rings. The first kappa shape index (κ1) is 14.0. The maximum atomic E-state index is 8.64. The molecule has 0 saturated heterocycles. The average molecular weight is 256 g/mol. The van der Waals surface area contributed by atoms with Crippen LogP contribution in [0, 0.1) is 0 Å². The van der Waals surface area contributed by atoms with Gasteiger partial charge in [0.25, 0.3) is 0 Å². The summed E-state index contributed by atoms with van der Waals surface area (Å²) in [6.45, 7) is 5.78. The molecular formula is C13H18ClNO2. The van der Waals surface area contributed by atoms with Gasteiger partial charge in [0.15, 0.2) is 0 Å². The van der Waals surface area contributed by atoms with Crippen molar-refractivity contribution in [2.24, 2.45) is 0 Å². The number of nitrogens with one attached hydrogen (secondary N) is 1. The molecule has 1 rings (SSSR count). The molecule has 1 aromatic carbocycles. The number of rotatable bonds is 8. The molecule has 0 aliphatic heterocycles. The summed E-state index contributed by atoms with van der Waals surface area (Å²) in [5.74, 6) is 0.672. The van der Waals surface area contributed by atoms with Gasteiger partial charge in [-0.1, -0.05) is 30.3 Å². The van der Waals surface area contributed by atoms with Crippen molar-refractivity contribution in [2.45, 2.75) is 13.0 Å². The SMILES string of the molecule is C=CCOc1ccc(CNCCCO)cc1Cl. The molecule has 0 radical (unpaired) electrons. The number of halogens is 1. The number of benzene rings is 1. The Hall–Kier alpha value is -1.03. The van der Waals surface area contributed by atoms with E-state index in [4.69, 9.17) is 21.4 Å². The van der Waals surface area contributed by atoms with Gasteiger partial charge in [-0.15, -0.1) is 0 Å². The molecule has 0 atom stereocenters. The fourth-order valence-electron chi connectivity index (χ4n) is 1.36. The Morgan fingerprint density at radius 3 is 2.94 bits per heavy atom. The zero-order valence-corrected chi connectivity index (χ0v) is 10.5. The van der Waals surface area contributed by atoms with Gasteiger partial charge in [-0.2, -0.15) is 0 Å². The fraction of sp³-hybridized carbons (Fsp3) is 0.385. The lowest BCUT2D eigenvalue weighted by Gasteiger charge is -2.08. The summed E-state index contributed by atoms with van der Waals surface area (Å²) in [7, 11) is 0. The van der Waals surface area contributed by atoms with Crippen LogP contribution in [-0.2, 0) is 6.54 Å². The van der Waals surface area contributed by atoms with Crippen molar-refractivity contribution in [3.63, 3.8) is 0 Å². The van der Waals surface area contributed by atoms with Crippen LogP contribution in [0.3, 0.4) is 0 Å². The Kier molecular flexibility index (Phi) is 6.70. The van der Waals surface area contributed by atoms with Crippen LogP contribution in [0.25, 0.3) is 0 Å². The molecule has 0 aliphatic carbocycles. The van der Waals surface area contributed by atoms with Gasteiger partial charge in [0.05, 0.1) is 5.02 Å². The molecule has 0 heterocycles. The number of aliphatic hydroxyl groups is 1. The first-order valence-electron chi connectivity index (χ1n) is 5.61. The van der Waals surface area contributed by atoms with E-state index in [9.17, 15) is 0 Å². The maximum absolute atomic E-state index is 8.64. The summed E-state index contributed by atoms with van der Waals surface area (Å²) in [6.07, 6.45) is 2.44. The van der Waals surface area contributed by atoms with Crippen LogP contribution in [0.1, 0.15) is 12.0 Å². The summed E-state index contributed by atoms with van der Waals surface area (Å²) >= 11 is 6.08. The highest BCUT2D eigenvalue weighted by molar-refractivity contribution is 6.32. The number of hydrogen-bond acceptors (Lipinski definition) is 3.